The predicted octanol–water partition coefficient (Wildman–Crippen LogP) is 6.36. The minimum absolute atomic E-state index is 0.0295. The van der Waals surface area contributed by atoms with Crippen LogP contribution in [0.2, 0.25) is 5.02 Å². The topological polar surface area (TPSA) is 73.9 Å². The third-order valence-corrected chi connectivity index (χ3v) is 7.87. The van der Waals surface area contributed by atoms with Crippen molar-refractivity contribution in [3.05, 3.63) is 118 Å². The number of ether oxygens (including phenoxy) is 3. The van der Waals surface area contributed by atoms with Crippen molar-refractivity contribution in [3.8, 4) is 11.5 Å². The Kier molecular flexibility index (Phi) is 8.27. The first-order chi connectivity index (χ1) is 19.4. The van der Waals surface area contributed by atoms with Crippen LogP contribution in [-0.4, -0.2) is 32.6 Å². The van der Waals surface area contributed by atoms with Crippen LogP contribution < -0.4 is 14.8 Å². The molecule has 0 radical (unpaired) electrons. The van der Waals surface area contributed by atoms with E-state index in [1.165, 1.54) is 0 Å². The van der Waals surface area contributed by atoms with E-state index in [1.54, 1.807) is 26.4 Å². The average Bonchev–Trinajstić information content (AvgIpc) is 2.96. The van der Waals surface area contributed by atoms with E-state index < -0.39 is 17.8 Å². The summed E-state index contributed by atoms with van der Waals surface area (Å²) in [6.07, 6.45) is 2.99. The summed E-state index contributed by atoms with van der Waals surface area (Å²) in [5, 5.41) is 4.03. The highest BCUT2D eigenvalue weighted by Crippen LogP contribution is 2.49. The quantitative estimate of drug-likeness (QED) is 0.325. The van der Waals surface area contributed by atoms with E-state index in [4.69, 9.17) is 25.8 Å². The van der Waals surface area contributed by atoms with Crippen LogP contribution in [0.15, 0.2) is 95.8 Å². The van der Waals surface area contributed by atoms with E-state index in [0.717, 1.165) is 16.8 Å². The molecule has 1 aliphatic heterocycles. The molecule has 2 aliphatic rings. The molecule has 0 aromatic heterocycles. The van der Waals surface area contributed by atoms with Gasteiger partial charge in [0, 0.05) is 46.7 Å². The van der Waals surface area contributed by atoms with Crippen LogP contribution in [0.1, 0.15) is 41.9 Å². The number of benzene rings is 3. The molecule has 1 N–H and O–H groups in total. The summed E-state index contributed by atoms with van der Waals surface area (Å²) in [6, 6.07) is 22.9. The maximum Gasteiger partial charge on any atom is 0.336 e. The van der Waals surface area contributed by atoms with Gasteiger partial charge in [-0.05, 0) is 48.4 Å². The molecule has 3 unspecified atom stereocenters. The van der Waals surface area contributed by atoms with Crippen molar-refractivity contribution in [2.75, 3.05) is 20.8 Å². The minimum atomic E-state index is -0.611. The maximum absolute atomic E-state index is 13.9. The second-order valence-electron chi connectivity index (χ2n) is 10.0. The van der Waals surface area contributed by atoms with Crippen molar-refractivity contribution in [2.24, 2.45) is 5.92 Å². The molecule has 206 valence electrons. The molecule has 3 atom stereocenters. The number of carbonyl (C=O) groups is 2. The molecule has 0 amide bonds. The molecule has 0 saturated heterocycles. The number of allylic oxidation sites excluding steroid dienone is 3. The smallest absolute Gasteiger partial charge is 0.336 e. The number of methoxy groups -OCH3 is 2. The van der Waals surface area contributed by atoms with Gasteiger partial charge in [-0.3, -0.25) is 4.79 Å². The van der Waals surface area contributed by atoms with Gasteiger partial charge in [0.2, 0.25) is 0 Å². The van der Waals surface area contributed by atoms with E-state index in [1.807, 2.05) is 67.6 Å². The number of nitrogens with one attached hydrogen (secondary N) is 1. The Hall–Kier alpha value is -4.03. The highest BCUT2D eigenvalue weighted by molar-refractivity contribution is 6.30. The molecule has 0 bridgehead atoms. The summed E-state index contributed by atoms with van der Waals surface area (Å²) in [4.78, 5) is 27.6. The molecule has 6 nitrogen and oxygen atoms in total. The molecule has 0 spiro atoms. The monoisotopic (exact) mass is 557 g/mol. The number of esters is 1. The van der Waals surface area contributed by atoms with Gasteiger partial charge < -0.3 is 19.5 Å². The maximum atomic E-state index is 13.9. The van der Waals surface area contributed by atoms with Gasteiger partial charge in [-0.1, -0.05) is 60.1 Å². The Bertz CT molecular complexity index is 1460. The Morgan fingerprint density at radius 2 is 1.73 bits per heavy atom. The standard InChI is InChI=1S/C33H32ClNO5/c1-20-30(33(37)40-16-15-21-7-5-4-6-8-21)31(26-19-25(38-2)13-14-29(26)39-3)32-27(35-20)17-23(18-28(32)36)22-9-11-24(34)12-10-22/h4-14,17,19,23,31-32,35H,15-16,18H2,1-3H3. The number of rotatable bonds is 8. The highest BCUT2D eigenvalue weighted by Gasteiger charge is 2.46. The lowest BCUT2D eigenvalue weighted by Gasteiger charge is -2.40. The van der Waals surface area contributed by atoms with Crippen LogP contribution in [0.3, 0.4) is 0 Å². The molecule has 3 aromatic carbocycles. The minimum Gasteiger partial charge on any atom is -0.497 e. The van der Waals surface area contributed by atoms with Crippen molar-refractivity contribution in [2.45, 2.75) is 31.6 Å². The van der Waals surface area contributed by atoms with Gasteiger partial charge in [-0.25, -0.2) is 4.79 Å². The summed E-state index contributed by atoms with van der Waals surface area (Å²) in [7, 11) is 3.17. The second kappa shape index (κ2) is 12.0. The van der Waals surface area contributed by atoms with Crippen LogP contribution in [0.5, 0.6) is 11.5 Å². The van der Waals surface area contributed by atoms with Crippen LogP contribution in [-0.2, 0) is 20.7 Å². The van der Waals surface area contributed by atoms with Crippen LogP contribution >= 0.6 is 11.6 Å². The zero-order valence-electron chi connectivity index (χ0n) is 22.8. The van der Waals surface area contributed by atoms with Crippen LogP contribution in [0.25, 0.3) is 0 Å². The fraction of sp³-hybridized carbons (Fsp3) is 0.273. The Morgan fingerprint density at radius 1 is 0.975 bits per heavy atom. The number of ketones is 1. The van der Waals surface area contributed by atoms with Crippen LogP contribution in [0, 0.1) is 5.92 Å². The normalized spacial score (nSPS) is 20.2. The molecule has 3 aromatic rings. The first-order valence-corrected chi connectivity index (χ1v) is 13.7. The zero-order chi connectivity index (χ0) is 28.2. The van der Waals surface area contributed by atoms with Gasteiger partial charge in [-0.15, -0.1) is 0 Å². The molecule has 1 heterocycles. The molecule has 7 heteroatoms. The lowest BCUT2D eigenvalue weighted by atomic mass is 9.68. The first-order valence-electron chi connectivity index (χ1n) is 13.3. The van der Waals surface area contributed by atoms with Gasteiger partial charge in [0.15, 0.2) is 0 Å². The van der Waals surface area contributed by atoms with Crippen molar-refractivity contribution >= 4 is 23.4 Å². The van der Waals surface area contributed by atoms with Crippen molar-refractivity contribution in [1.29, 1.82) is 0 Å². The van der Waals surface area contributed by atoms with Gasteiger partial charge in [0.05, 0.1) is 32.3 Å². The SMILES string of the molecule is COc1ccc(OC)c(C2C(C(=O)OCCc3ccccc3)=C(C)NC3=CC(c4ccc(Cl)cc4)CC(=O)C32)c1. The van der Waals surface area contributed by atoms with Gasteiger partial charge in [0.1, 0.15) is 17.3 Å². The van der Waals surface area contributed by atoms with E-state index in [-0.39, 0.29) is 18.3 Å². The zero-order valence-corrected chi connectivity index (χ0v) is 23.5. The Balaban J connectivity index is 1.55. The average molecular weight is 558 g/mol. The molecular formula is C33H32ClNO5. The lowest BCUT2D eigenvalue weighted by molar-refractivity contribution is -0.139. The largest absolute Gasteiger partial charge is 0.497 e. The van der Waals surface area contributed by atoms with E-state index >= 15 is 0 Å². The number of fused-ring (bicyclic) bond motifs is 1. The first kappa shape index (κ1) is 27.5. The van der Waals surface area contributed by atoms with Gasteiger partial charge in [0.25, 0.3) is 0 Å². The highest BCUT2D eigenvalue weighted by atomic mass is 35.5. The second-order valence-corrected chi connectivity index (χ2v) is 10.5. The number of carbonyl (C=O) groups excluding carboxylic acids is 2. The molecule has 40 heavy (non-hydrogen) atoms. The van der Waals surface area contributed by atoms with Gasteiger partial charge >= 0.3 is 5.97 Å². The van der Waals surface area contributed by atoms with Crippen molar-refractivity contribution in [1.82, 2.24) is 5.32 Å². The summed E-state index contributed by atoms with van der Waals surface area (Å²) < 4.78 is 17.0. The third-order valence-electron chi connectivity index (χ3n) is 7.62. The number of hydrogen-bond donors (Lipinski definition) is 1. The summed E-state index contributed by atoms with van der Waals surface area (Å²) in [5.41, 5.74) is 4.62. The summed E-state index contributed by atoms with van der Waals surface area (Å²) >= 11 is 6.10. The van der Waals surface area contributed by atoms with E-state index in [2.05, 4.69) is 11.4 Å². The van der Waals surface area contributed by atoms with E-state index in [0.29, 0.717) is 46.2 Å². The number of halogens is 1. The fourth-order valence-electron chi connectivity index (χ4n) is 5.67. The molecular weight excluding hydrogens is 526 g/mol. The third kappa shape index (κ3) is 5.63. The van der Waals surface area contributed by atoms with Crippen molar-refractivity contribution in [3.63, 3.8) is 0 Å². The Labute approximate surface area is 239 Å². The molecule has 0 saturated carbocycles. The van der Waals surface area contributed by atoms with Crippen LogP contribution in [0.4, 0.5) is 0 Å². The lowest BCUT2D eigenvalue weighted by Crippen LogP contribution is -2.42. The summed E-state index contributed by atoms with van der Waals surface area (Å²) in [6.45, 7) is 2.07. The molecule has 1 aliphatic carbocycles. The molecule has 0 fully saturated rings. The van der Waals surface area contributed by atoms with Gasteiger partial charge in [-0.2, -0.15) is 0 Å². The molecule has 5 rings (SSSR count). The van der Waals surface area contributed by atoms with Crippen molar-refractivity contribution < 1.29 is 23.8 Å². The number of Topliss-reactive ketones (excluding diaryl/α,β-unsaturated/α-hetero) is 1. The Morgan fingerprint density at radius 3 is 2.42 bits per heavy atom. The fourth-order valence-corrected chi connectivity index (χ4v) is 5.80. The summed E-state index contributed by atoms with van der Waals surface area (Å²) in [5.74, 6) is -0.572. The van der Waals surface area contributed by atoms with E-state index in [9.17, 15) is 9.59 Å². The predicted molar refractivity (Wildman–Crippen MR) is 155 cm³/mol. The number of hydrogen-bond acceptors (Lipinski definition) is 6.